The maximum Gasteiger partial charge on any atom is 0.282 e. The second-order valence-electron chi connectivity index (χ2n) is 5.63. The van der Waals surface area contributed by atoms with Crippen LogP contribution in [0.2, 0.25) is 0 Å². The highest BCUT2D eigenvalue weighted by Crippen LogP contribution is 2.28. The molecule has 0 aromatic heterocycles. The molecule has 1 saturated heterocycles. The third-order valence-corrected chi connectivity index (χ3v) is 4.21. The highest BCUT2D eigenvalue weighted by molar-refractivity contribution is 5.99. The average molecular weight is 292 g/mol. The second kappa shape index (κ2) is 6.09. The lowest BCUT2D eigenvalue weighted by molar-refractivity contribution is -0.385. The summed E-state index contributed by atoms with van der Waals surface area (Å²) in [6.07, 6.45) is 0.912. The Labute approximate surface area is 123 Å². The number of anilines is 1. The number of carbonyl (C=O) groups is 1. The van der Waals surface area contributed by atoms with Gasteiger partial charge in [-0.25, -0.2) is 0 Å². The van der Waals surface area contributed by atoms with Crippen molar-refractivity contribution in [3.63, 3.8) is 0 Å². The van der Waals surface area contributed by atoms with Crippen molar-refractivity contribution in [2.75, 3.05) is 18.5 Å². The standard InChI is InChI=1S/C14H20N4O3/c1-9-5-6-17(8-10(9)2)14(19)12-7-11(16-15)3-4-13(12)18(20)21/h3-4,7,9-10,16H,5-6,8,15H2,1-2H3. The number of nitrogen functional groups attached to an aromatic ring is 1. The molecule has 7 nitrogen and oxygen atoms in total. The number of benzene rings is 1. The summed E-state index contributed by atoms with van der Waals surface area (Å²) in [5, 5.41) is 11.1. The van der Waals surface area contributed by atoms with Gasteiger partial charge < -0.3 is 10.3 Å². The Bertz CT molecular complexity index is 561. The number of amides is 1. The molecule has 0 spiro atoms. The van der Waals surface area contributed by atoms with Gasteiger partial charge in [0.2, 0.25) is 0 Å². The molecule has 0 saturated carbocycles. The number of piperidine rings is 1. The van der Waals surface area contributed by atoms with Gasteiger partial charge in [-0.3, -0.25) is 20.8 Å². The van der Waals surface area contributed by atoms with Crippen LogP contribution in [0.3, 0.4) is 0 Å². The molecule has 0 radical (unpaired) electrons. The van der Waals surface area contributed by atoms with Crippen molar-refractivity contribution in [1.82, 2.24) is 4.90 Å². The maximum absolute atomic E-state index is 12.6. The molecule has 7 heteroatoms. The molecule has 3 N–H and O–H groups in total. The van der Waals surface area contributed by atoms with E-state index < -0.39 is 4.92 Å². The van der Waals surface area contributed by atoms with Gasteiger partial charge >= 0.3 is 0 Å². The topological polar surface area (TPSA) is 102 Å². The lowest BCUT2D eigenvalue weighted by atomic mass is 9.88. The van der Waals surface area contributed by atoms with Crippen molar-refractivity contribution in [2.24, 2.45) is 17.7 Å². The van der Waals surface area contributed by atoms with E-state index in [1.807, 2.05) is 0 Å². The molecule has 2 rings (SSSR count). The number of rotatable bonds is 3. The molecule has 2 atom stereocenters. The number of hydrogen-bond donors (Lipinski definition) is 2. The van der Waals surface area contributed by atoms with E-state index in [0.717, 1.165) is 6.42 Å². The summed E-state index contributed by atoms with van der Waals surface area (Å²) >= 11 is 0. The van der Waals surface area contributed by atoms with Crippen LogP contribution in [0.5, 0.6) is 0 Å². The van der Waals surface area contributed by atoms with Gasteiger partial charge in [0.15, 0.2) is 0 Å². The number of nitrogens with one attached hydrogen (secondary N) is 1. The predicted octanol–water partition coefficient (Wildman–Crippen LogP) is 2.00. The van der Waals surface area contributed by atoms with Gasteiger partial charge in [-0.05, 0) is 30.4 Å². The third-order valence-electron chi connectivity index (χ3n) is 4.21. The fourth-order valence-corrected chi connectivity index (χ4v) is 2.57. The molecule has 1 heterocycles. The zero-order valence-electron chi connectivity index (χ0n) is 12.2. The maximum atomic E-state index is 12.6. The Morgan fingerprint density at radius 3 is 2.71 bits per heavy atom. The van der Waals surface area contributed by atoms with Crippen molar-refractivity contribution in [1.29, 1.82) is 0 Å². The van der Waals surface area contributed by atoms with Gasteiger partial charge in [0.25, 0.3) is 11.6 Å². The molecular formula is C14H20N4O3. The van der Waals surface area contributed by atoms with Crippen molar-refractivity contribution >= 4 is 17.3 Å². The van der Waals surface area contributed by atoms with Gasteiger partial charge in [0, 0.05) is 24.8 Å². The molecule has 2 unspecified atom stereocenters. The fourth-order valence-electron chi connectivity index (χ4n) is 2.57. The average Bonchev–Trinajstić information content (AvgIpc) is 2.48. The van der Waals surface area contributed by atoms with Crippen LogP contribution in [0, 0.1) is 22.0 Å². The molecule has 1 amide bonds. The van der Waals surface area contributed by atoms with Gasteiger partial charge in [-0.15, -0.1) is 0 Å². The Hall–Kier alpha value is -2.15. The number of hydrazine groups is 1. The van der Waals surface area contributed by atoms with E-state index >= 15 is 0 Å². The Morgan fingerprint density at radius 1 is 1.43 bits per heavy atom. The number of hydrogen-bond acceptors (Lipinski definition) is 5. The molecule has 1 aliphatic heterocycles. The minimum atomic E-state index is -0.538. The summed E-state index contributed by atoms with van der Waals surface area (Å²) in [7, 11) is 0. The van der Waals surface area contributed by atoms with Crippen molar-refractivity contribution < 1.29 is 9.72 Å². The summed E-state index contributed by atoms with van der Waals surface area (Å²) < 4.78 is 0. The minimum Gasteiger partial charge on any atom is -0.338 e. The van der Waals surface area contributed by atoms with Crippen LogP contribution >= 0.6 is 0 Å². The first kappa shape index (κ1) is 15.2. The Kier molecular flexibility index (Phi) is 4.42. The lowest BCUT2D eigenvalue weighted by Gasteiger charge is -2.35. The van der Waals surface area contributed by atoms with Crippen LogP contribution in [-0.4, -0.2) is 28.8 Å². The SMILES string of the molecule is CC1CCN(C(=O)c2cc(NN)ccc2[N+](=O)[O-])CC1C. The van der Waals surface area contributed by atoms with E-state index in [-0.39, 0.29) is 17.2 Å². The van der Waals surface area contributed by atoms with Gasteiger partial charge in [0.1, 0.15) is 5.56 Å². The van der Waals surface area contributed by atoms with E-state index in [4.69, 9.17) is 5.84 Å². The lowest BCUT2D eigenvalue weighted by Crippen LogP contribution is -2.42. The smallest absolute Gasteiger partial charge is 0.282 e. The van der Waals surface area contributed by atoms with Crippen molar-refractivity contribution in [3.8, 4) is 0 Å². The van der Waals surface area contributed by atoms with Gasteiger partial charge in [0.05, 0.1) is 4.92 Å². The Balaban J connectivity index is 2.31. The highest BCUT2D eigenvalue weighted by atomic mass is 16.6. The molecule has 1 aliphatic rings. The van der Waals surface area contributed by atoms with Crippen molar-refractivity contribution in [2.45, 2.75) is 20.3 Å². The van der Waals surface area contributed by atoms with E-state index in [1.54, 1.807) is 4.90 Å². The zero-order chi connectivity index (χ0) is 15.6. The second-order valence-corrected chi connectivity index (χ2v) is 5.63. The zero-order valence-corrected chi connectivity index (χ0v) is 12.2. The first-order valence-electron chi connectivity index (χ1n) is 6.98. The minimum absolute atomic E-state index is 0.0807. The van der Waals surface area contributed by atoms with E-state index in [9.17, 15) is 14.9 Å². The Morgan fingerprint density at radius 2 is 2.14 bits per heavy atom. The molecular weight excluding hydrogens is 272 g/mol. The first-order chi connectivity index (χ1) is 9.93. The fraction of sp³-hybridized carbons (Fsp3) is 0.500. The summed E-state index contributed by atoms with van der Waals surface area (Å²) in [5.74, 6) is 5.95. The number of nitrogens with two attached hydrogens (primary N) is 1. The van der Waals surface area contributed by atoms with E-state index in [2.05, 4.69) is 19.3 Å². The highest BCUT2D eigenvalue weighted by Gasteiger charge is 2.30. The number of likely N-dealkylation sites (tertiary alicyclic amines) is 1. The molecule has 0 aliphatic carbocycles. The number of nitrogens with zero attached hydrogens (tertiary/aromatic N) is 2. The van der Waals surface area contributed by atoms with Crippen LogP contribution in [-0.2, 0) is 0 Å². The molecule has 1 aromatic rings. The van der Waals surface area contributed by atoms with E-state index in [0.29, 0.717) is 30.6 Å². The van der Waals surface area contributed by atoms with Crippen LogP contribution in [0.15, 0.2) is 18.2 Å². The van der Waals surface area contributed by atoms with Crippen LogP contribution < -0.4 is 11.3 Å². The molecule has 0 bridgehead atoms. The van der Waals surface area contributed by atoms with Crippen molar-refractivity contribution in [3.05, 3.63) is 33.9 Å². The van der Waals surface area contributed by atoms with Crippen LogP contribution in [0.4, 0.5) is 11.4 Å². The predicted molar refractivity (Wildman–Crippen MR) is 79.8 cm³/mol. The third kappa shape index (κ3) is 3.13. The van der Waals surface area contributed by atoms with Crippen LogP contribution in [0.25, 0.3) is 0 Å². The molecule has 114 valence electrons. The summed E-state index contributed by atoms with van der Waals surface area (Å²) in [6.45, 7) is 5.50. The first-order valence-corrected chi connectivity index (χ1v) is 6.98. The number of nitro benzene ring substituents is 1. The summed E-state index contributed by atoms with van der Waals surface area (Å²) in [6, 6.07) is 4.22. The number of nitro groups is 1. The summed E-state index contributed by atoms with van der Waals surface area (Å²) in [4.78, 5) is 24.9. The summed E-state index contributed by atoms with van der Waals surface area (Å²) in [5.41, 5.74) is 2.78. The normalized spacial score (nSPS) is 22.0. The molecule has 1 fully saturated rings. The van der Waals surface area contributed by atoms with E-state index in [1.165, 1.54) is 18.2 Å². The largest absolute Gasteiger partial charge is 0.338 e. The van der Waals surface area contributed by atoms with Crippen LogP contribution in [0.1, 0.15) is 30.6 Å². The van der Waals surface area contributed by atoms with Gasteiger partial charge in [-0.2, -0.15) is 0 Å². The molecule has 21 heavy (non-hydrogen) atoms. The quantitative estimate of drug-likeness (QED) is 0.504. The monoisotopic (exact) mass is 292 g/mol. The molecule has 1 aromatic carbocycles. The van der Waals surface area contributed by atoms with Gasteiger partial charge in [-0.1, -0.05) is 13.8 Å². The number of carbonyl (C=O) groups excluding carboxylic acids is 1.